The van der Waals surface area contributed by atoms with Gasteiger partial charge in [-0.2, -0.15) is 5.10 Å². The minimum atomic E-state index is -0.465. The summed E-state index contributed by atoms with van der Waals surface area (Å²) in [5.74, 6) is -0.0653. The Bertz CT molecular complexity index is 754. The number of benzene rings is 1. The van der Waals surface area contributed by atoms with Crippen LogP contribution in [-0.2, 0) is 0 Å². The van der Waals surface area contributed by atoms with Crippen molar-refractivity contribution in [2.24, 2.45) is 5.92 Å². The Morgan fingerprint density at radius 2 is 2.08 bits per heavy atom. The number of hydrogen-bond donors (Lipinski definition) is 1. The Morgan fingerprint density at radius 3 is 2.67 bits per heavy atom. The van der Waals surface area contributed by atoms with Crippen LogP contribution >= 0.6 is 0 Å². The first kappa shape index (κ1) is 16.1. The van der Waals surface area contributed by atoms with Crippen LogP contribution in [0, 0.1) is 16.0 Å². The SMILES string of the molecule is CC(O)C1CCN(C(=O)c2ccn(-c3ccc([N+](=O)[O-])cc3)n2)C1. The summed E-state index contributed by atoms with van der Waals surface area (Å²) < 4.78 is 1.51. The van der Waals surface area contributed by atoms with Gasteiger partial charge in [-0.3, -0.25) is 14.9 Å². The van der Waals surface area contributed by atoms with Crippen LogP contribution in [-0.4, -0.2) is 49.8 Å². The summed E-state index contributed by atoms with van der Waals surface area (Å²) in [6, 6.07) is 7.58. The van der Waals surface area contributed by atoms with E-state index in [0.717, 1.165) is 6.42 Å². The van der Waals surface area contributed by atoms with E-state index in [9.17, 15) is 20.0 Å². The first-order chi connectivity index (χ1) is 11.5. The van der Waals surface area contributed by atoms with Crippen molar-refractivity contribution in [3.8, 4) is 5.69 Å². The van der Waals surface area contributed by atoms with E-state index in [1.807, 2.05) is 0 Å². The summed E-state index contributed by atoms with van der Waals surface area (Å²) in [5, 5.41) is 24.6. The number of amides is 1. The van der Waals surface area contributed by atoms with Crippen LogP contribution in [0.25, 0.3) is 5.69 Å². The van der Waals surface area contributed by atoms with Gasteiger partial charge in [0.05, 0.1) is 16.7 Å². The number of rotatable bonds is 4. The second kappa shape index (κ2) is 6.40. The van der Waals surface area contributed by atoms with Crippen LogP contribution in [0.2, 0.25) is 0 Å². The monoisotopic (exact) mass is 330 g/mol. The molecule has 0 radical (unpaired) electrons. The topological polar surface area (TPSA) is 102 Å². The zero-order chi connectivity index (χ0) is 17.3. The number of non-ortho nitro benzene ring substituents is 1. The number of nitro groups is 1. The molecule has 1 aromatic carbocycles. The van der Waals surface area contributed by atoms with E-state index in [1.165, 1.54) is 16.8 Å². The molecule has 2 atom stereocenters. The third-order valence-corrected chi connectivity index (χ3v) is 4.33. The maximum Gasteiger partial charge on any atom is 0.274 e. The number of hydrogen-bond acceptors (Lipinski definition) is 5. The second-order valence-electron chi connectivity index (χ2n) is 5.96. The molecule has 0 aliphatic carbocycles. The van der Waals surface area contributed by atoms with E-state index in [0.29, 0.717) is 24.5 Å². The molecular formula is C16H18N4O4. The van der Waals surface area contributed by atoms with Gasteiger partial charge in [0, 0.05) is 37.3 Å². The molecule has 1 aliphatic heterocycles. The fourth-order valence-electron chi connectivity index (χ4n) is 2.84. The van der Waals surface area contributed by atoms with Crippen molar-refractivity contribution >= 4 is 11.6 Å². The zero-order valence-corrected chi connectivity index (χ0v) is 13.2. The largest absolute Gasteiger partial charge is 0.393 e. The molecule has 0 saturated carbocycles. The van der Waals surface area contributed by atoms with Crippen LogP contribution in [0.1, 0.15) is 23.8 Å². The van der Waals surface area contributed by atoms with Crippen molar-refractivity contribution in [3.05, 3.63) is 52.3 Å². The zero-order valence-electron chi connectivity index (χ0n) is 13.2. The lowest BCUT2D eigenvalue weighted by atomic mass is 10.0. The summed E-state index contributed by atoms with van der Waals surface area (Å²) in [7, 11) is 0. The highest BCUT2D eigenvalue weighted by Crippen LogP contribution is 2.21. The van der Waals surface area contributed by atoms with Crippen LogP contribution < -0.4 is 0 Å². The molecular weight excluding hydrogens is 312 g/mol. The van der Waals surface area contributed by atoms with E-state index in [-0.39, 0.29) is 17.5 Å². The summed E-state index contributed by atoms with van der Waals surface area (Å²) in [6.45, 7) is 2.88. The number of likely N-dealkylation sites (tertiary alicyclic amines) is 1. The average molecular weight is 330 g/mol. The first-order valence-electron chi connectivity index (χ1n) is 7.73. The van der Waals surface area contributed by atoms with E-state index in [2.05, 4.69) is 5.10 Å². The number of carbonyl (C=O) groups excluding carboxylic acids is 1. The van der Waals surface area contributed by atoms with Gasteiger partial charge in [-0.25, -0.2) is 4.68 Å². The Labute approximate surface area is 138 Å². The van der Waals surface area contributed by atoms with Gasteiger partial charge < -0.3 is 10.0 Å². The third-order valence-electron chi connectivity index (χ3n) is 4.33. The van der Waals surface area contributed by atoms with Gasteiger partial charge in [-0.15, -0.1) is 0 Å². The smallest absolute Gasteiger partial charge is 0.274 e. The number of aliphatic hydroxyl groups excluding tert-OH is 1. The minimum absolute atomic E-state index is 0.00318. The fourth-order valence-corrected chi connectivity index (χ4v) is 2.84. The lowest BCUT2D eigenvalue weighted by molar-refractivity contribution is -0.384. The number of aromatic nitrogens is 2. The fraction of sp³-hybridized carbons (Fsp3) is 0.375. The molecule has 8 nitrogen and oxygen atoms in total. The molecule has 2 unspecified atom stereocenters. The molecule has 2 aromatic rings. The van der Waals surface area contributed by atoms with Crippen molar-refractivity contribution < 1.29 is 14.8 Å². The first-order valence-corrected chi connectivity index (χ1v) is 7.73. The maximum absolute atomic E-state index is 12.5. The van der Waals surface area contributed by atoms with E-state index in [1.54, 1.807) is 36.2 Å². The van der Waals surface area contributed by atoms with Gasteiger partial charge >= 0.3 is 0 Å². The quantitative estimate of drug-likeness (QED) is 0.678. The Hall–Kier alpha value is -2.74. The van der Waals surface area contributed by atoms with Crippen LogP contribution in [0.4, 0.5) is 5.69 Å². The number of aliphatic hydroxyl groups is 1. The average Bonchev–Trinajstić information content (AvgIpc) is 3.24. The summed E-state index contributed by atoms with van der Waals surface area (Å²) >= 11 is 0. The maximum atomic E-state index is 12.5. The molecule has 3 rings (SSSR count). The summed E-state index contributed by atoms with van der Waals surface area (Å²) in [4.78, 5) is 24.4. The lowest BCUT2D eigenvalue weighted by Gasteiger charge is -2.16. The predicted octanol–water partition coefficient (Wildman–Crippen LogP) is 1.62. The highest BCUT2D eigenvalue weighted by Gasteiger charge is 2.30. The predicted molar refractivity (Wildman–Crippen MR) is 85.9 cm³/mol. The lowest BCUT2D eigenvalue weighted by Crippen LogP contribution is -2.30. The van der Waals surface area contributed by atoms with Gasteiger partial charge in [0.1, 0.15) is 0 Å². The normalized spacial score (nSPS) is 18.6. The third kappa shape index (κ3) is 3.13. The van der Waals surface area contributed by atoms with E-state index in [4.69, 9.17) is 0 Å². The van der Waals surface area contributed by atoms with Crippen LogP contribution in [0.5, 0.6) is 0 Å². The van der Waals surface area contributed by atoms with Crippen molar-refractivity contribution in [1.29, 1.82) is 0 Å². The van der Waals surface area contributed by atoms with Crippen molar-refractivity contribution in [1.82, 2.24) is 14.7 Å². The van der Waals surface area contributed by atoms with Gasteiger partial charge in [0.15, 0.2) is 5.69 Å². The van der Waals surface area contributed by atoms with Crippen molar-refractivity contribution in [2.75, 3.05) is 13.1 Å². The number of nitrogens with zero attached hydrogens (tertiary/aromatic N) is 4. The van der Waals surface area contributed by atoms with Gasteiger partial charge in [0.2, 0.25) is 0 Å². The van der Waals surface area contributed by atoms with E-state index < -0.39 is 11.0 Å². The molecule has 1 saturated heterocycles. The minimum Gasteiger partial charge on any atom is -0.393 e. The summed E-state index contributed by atoms with van der Waals surface area (Å²) in [6.07, 6.45) is 2.00. The molecule has 24 heavy (non-hydrogen) atoms. The Balaban J connectivity index is 1.73. The molecule has 8 heteroatoms. The summed E-state index contributed by atoms with van der Waals surface area (Å²) in [5.41, 5.74) is 0.964. The molecule has 1 fully saturated rings. The van der Waals surface area contributed by atoms with Crippen LogP contribution in [0.3, 0.4) is 0 Å². The van der Waals surface area contributed by atoms with Gasteiger partial charge in [-0.1, -0.05) is 0 Å². The molecule has 1 amide bonds. The molecule has 1 aromatic heterocycles. The highest BCUT2D eigenvalue weighted by molar-refractivity contribution is 5.92. The molecule has 1 aliphatic rings. The second-order valence-corrected chi connectivity index (χ2v) is 5.96. The van der Waals surface area contributed by atoms with Crippen LogP contribution in [0.15, 0.2) is 36.5 Å². The van der Waals surface area contributed by atoms with Crippen molar-refractivity contribution in [2.45, 2.75) is 19.4 Å². The van der Waals surface area contributed by atoms with Gasteiger partial charge in [-0.05, 0) is 31.5 Å². The standard InChI is InChI=1S/C16H18N4O4/c1-11(21)12-6-8-18(10-12)16(22)15-7-9-19(17-15)13-2-4-14(5-3-13)20(23)24/h2-5,7,9,11-12,21H,6,8,10H2,1H3. The number of nitro benzene ring substituents is 1. The Morgan fingerprint density at radius 1 is 1.38 bits per heavy atom. The Kier molecular flexibility index (Phi) is 4.30. The van der Waals surface area contributed by atoms with Crippen molar-refractivity contribution in [3.63, 3.8) is 0 Å². The molecule has 0 bridgehead atoms. The molecule has 1 N–H and O–H groups in total. The highest BCUT2D eigenvalue weighted by atomic mass is 16.6. The molecule has 2 heterocycles. The van der Waals surface area contributed by atoms with E-state index >= 15 is 0 Å². The molecule has 0 spiro atoms. The molecule has 126 valence electrons. The number of carbonyl (C=O) groups is 1. The van der Waals surface area contributed by atoms with Gasteiger partial charge in [0.25, 0.3) is 11.6 Å².